The molecule has 0 atom stereocenters. The van der Waals surface area contributed by atoms with E-state index in [1.54, 1.807) is 0 Å². The van der Waals surface area contributed by atoms with Gasteiger partial charge in [-0.2, -0.15) is 0 Å². The third-order valence-corrected chi connectivity index (χ3v) is 2.04. The lowest BCUT2D eigenvalue weighted by molar-refractivity contribution is -0.137. The number of carboxylic acids is 1. The van der Waals surface area contributed by atoms with Crippen molar-refractivity contribution >= 4 is 5.97 Å². The molecule has 0 aromatic heterocycles. The second-order valence-corrected chi connectivity index (χ2v) is 4.02. The van der Waals surface area contributed by atoms with Crippen LogP contribution in [0.1, 0.15) is 33.6 Å². The lowest BCUT2D eigenvalue weighted by Gasteiger charge is -2.26. The predicted octanol–water partition coefficient (Wildman–Crippen LogP) is 2.14. The Morgan fingerprint density at radius 1 is 1.50 bits per heavy atom. The molecule has 0 rings (SSSR count). The van der Waals surface area contributed by atoms with Crippen LogP contribution >= 0.6 is 0 Å². The second kappa shape index (κ2) is 6.60. The monoisotopic (exact) mass is 199 g/mol. The molecule has 0 unspecified atom stereocenters. The standard InChI is InChI=1S/C11H21NO2/c1-9(2)8-12(10(3)4)7-5-6-11(13)14/h10H,1,5-8H2,2-4H3,(H,13,14). The summed E-state index contributed by atoms with van der Waals surface area (Å²) < 4.78 is 0. The highest BCUT2D eigenvalue weighted by molar-refractivity contribution is 5.66. The minimum absolute atomic E-state index is 0.249. The molecule has 0 aliphatic heterocycles. The van der Waals surface area contributed by atoms with E-state index in [2.05, 4.69) is 25.3 Å². The average molecular weight is 199 g/mol. The summed E-state index contributed by atoms with van der Waals surface area (Å²) in [4.78, 5) is 12.6. The molecule has 0 spiro atoms. The summed E-state index contributed by atoms with van der Waals surface area (Å²) >= 11 is 0. The van der Waals surface area contributed by atoms with Gasteiger partial charge in [-0.1, -0.05) is 12.2 Å². The number of carboxylic acid groups (broad SMARTS) is 1. The molecule has 0 saturated heterocycles. The first-order valence-corrected chi connectivity index (χ1v) is 5.03. The van der Waals surface area contributed by atoms with Gasteiger partial charge in [0.15, 0.2) is 0 Å². The quantitative estimate of drug-likeness (QED) is 0.639. The van der Waals surface area contributed by atoms with E-state index in [-0.39, 0.29) is 6.42 Å². The molecule has 82 valence electrons. The summed E-state index contributed by atoms with van der Waals surface area (Å²) in [5, 5.41) is 8.51. The van der Waals surface area contributed by atoms with E-state index in [9.17, 15) is 4.79 Å². The first-order valence-electron chi connectivity index (χ1n) is 5.03. The lowest BCUT2D eigenvalue weighted by Crippen LogP contribution is -2.33. The van der Waals surface area contributed by atoms with Crippen LogP contribution < -0.4 is 0 Å². The summed E-state index contributed by atoms with van der Waals surface area (Å²) in [5.41, 5.74) is 1.12. The lowest BCUT2D eigenvalue weighted by atomic mass is 10.2. The minimum atomic E-state index is -0.718. The zero-order valence-corrected chi connectivity index (χ0v) is 9.42. The maximum atomic E-state index is 10.3. The molecule has 0 saturated carbocycles. The second-order valence-electron chi connectivity index (χ2n) is 4.02. The van der Waals surface area contributed by atoms with Crippen LogP contribution in [-0.4, -0.2) is 35.1 Å². The van der Waals surface area contributed by atoms with Crippen LogP contribution in [-0.2, 0) is 4.79 Å². The van der Waals surface area contributed by atoms with Gasteiger partial charge >= 0.3 is 5.97 Å². The van der Waals surface area contributed by atoms with Crippen LogP contribution in [0.2, 0.25) is 0 Å². The van der Waals surface area contributed by atoms with Gasteiger partial charge in [-0.25, -0.2) is 0 Å². The first-order chi connectivity index (χ1) is 6.43. The first kappa shape index (κ1) is 13.2. The molecule has 0 aromatic carbocycles. The van der Waals surface area contributed by atoms with Crippen molar-refractivity contribution in [1.29, 1.82) is 0 Å². The molecule has 3 heteroatoms. The summed E-state index contributed by atoms with van der Waals surface area (Å²) in [6.45, 7) is 11.8. The topological polar surface area (TPSA) is 40.5 Å². The normalized spacial score (nSPS) is 10.9. The average Bonchev–Trinajstić information content (AvgIpc) is 2.00. The minimum Gasteiger partial charge on any atom is -0.481 e. The van der Waals surface area contributed by atoms with Crippen molar-refractivity contribution in [3.8, 4) is 0 Å². The van der Waals surface area contributed by atoms with Crippen LogP contribution in [0.15, 0.2) is 12.2 Å². The van der Waals surface area contributed by atoms with Crippen LogP contribution in [0, 0.1) is 0 Å². The molecule has 3 nitrogen and oxygen atoms in total. The SMILES string of the molecule is C=C(C)CN(CCCC(=O)O)C(C)C. The van der Waals surface area contributed by atoms with Crippen LogP contribution in [0.5, 0.6) is 0 Å². The van der Waals surface area contributed by atoms with Gasteiger partial charge in [0.05, 0.1) is 0 Å². The van der Waals surface area contributed by atoms with Gasteiger partial charge < -0.3 is 5.11 Å². The van der Waals surface area contributed by atoms with Gasteiger partial charge in [0.2, 0.25) is 0 Å². The van der Waals surface area contributed by atoms with Crippen molar-refractivity contribution in [2.24, 2.45) is 0 Å². The molecule has 0 aliphatic carbocycles. The molecule has 0 aromatic rings. The van der Waals surface area contributed by atoms with Crippen LogP contribution in [0.25, 0.3) is 0 Å². The molecule has 0 amide bonds. The Hall–Kier alpha value is -0.830. The molecule has 1 N–H and O–H groups in total. The fraction of sp³-hybridized carbons (Fsp3) is 0.727. The van der Waals surface area contributed by atoms with Crippen molar-refractivity contribution in [3.63, 3.8) is 0 Å². The van der Waals surface area contributed by atoms with Gasteiger partial charge in [0, 0.05) is 19.0 Å². The molecular weight excluding hydrogens is 178 g/mol. The third-order valence-electron chi connectivity index (χ3n) is 2.04. The van der Waals surface area contributed by atoms with E-state index < -0.39 is 5.97 Å². The number of aliphatic carboxylic acids is 1. The summed E-state index contributed by atoms with van der Waals surface area (Å²) in [5.74, 6) is -0.718. The summed E-state index contributed by atoms with van der Waals surface area (Å²) in [7, 11) is 0. The van der Waals surface area contributed by atoms with Crippen molar-refractivity contribution < 1.29 is 9.90 Å². The zero-order chi connectivity index (χ0) is 11.1. The fourth-order valence-corrected chi connectivity index (χ4v) is 1.30. The van der Waals surface area contributed by atoms with Gasteiger partial charge in [0.25, 0.3) is 0 Å². The number of nitrogens with zero attached hydrogens (tertiary/aromatic N) is 1. The van der Waals surface area contributed by atoms with E-state index in [1.165, 1.54) is 0 Å². The maximum Gasteiger partial charge on any atom is 0.303 e. The molecule has 14 heavy (non-hydrogen) atoms. The van der Waals surface area contributed by atoms with Gasteiger partial charge in [0.1, 0.15) is 0 Å². The third kappa shape index (κ3) is 6.66. The van der Waals surface area contributed by atoms with E-state index in [0.29, 0.717) is 12.5 Å². The van der Waals surface area contributed by atoms with Crippen LogP contribution in [0.4, 0.5) is 0 Å². The van der Waals surface area contributed by atoms with Crippen molar-refractivity contribution in [2.75, 3.05) is 13.1 Å². The van der Waals surface area contributed by atoms with Gasteiger partial charge in [-0.3, -0.25) is 9.69 Å². The summed E-state index contributed by atoms with van der Waals surface area (Å²) in [6, 6.07) is 0.445. The number of hydrogen-bond acceptors (Lipinski definition) is 2. The highest BCUT2D eigenvalue weighted by atomic mass is 16.4. The molecule has 0 heterocycles. The number of carbonyl (C=O) groups is 1. The Kier molecular flexibility index (Phi) is 6.21. The van der Waals surface area contributed by atoms with Gasteiger partial charge in [-0.05, 0) is 33.7 Å². The summed E-state index contributed by atoms with van der Waals surface area (Å²) in [6.07, 6.45) is 0.959. The van der Waals surface area contributed by atoms with Gasteiger partial charge in [-0.15, -0.1) is 0 Å². The van der Waals surface area contributed by atoms with E-state index in [1.807, 2.05) is 6.92 Å². The Labute approximate surface area is 86.4 Å². The molecule has 0 aliphatic rings. The molecular formula is C11H21NO2. The zero-order valence-electron chi connectivity index (χ0n) is 9.42. The predicted molar refractivity (Wildman–Crippen MR) is 58.4 cm³/mol. The fourth-order valence-electron chi connectivity index (χ4n) is 1.30. The van der Waals surface area contributed by atoms with Crippen molar-refractivity contribution in [1.82, 2.24) is 4.90 Å². The largest absolute Gasteiger partial charge is 0.481 e. The van der Waals surface area contributed by atoms with Crippen LogP contribution in [0.3, 0.4) is 0 Å². The van der Waals surface area contributed by atoms with Crippen molar-refractivity contribution in [3.05, 3.63) is 12.2 Å². The van der Waals surface area contributed by atoms with Crippen molar-refractivity contribution in [2.45, 2.75) is 39.7 Å². The Morgan fingerprint density at radius 3 is 2.43 bits per heavy atom. The van der Waals surface area contributed by atoms with E-state index >= 15 is 0 Å². The molecule has 0 bridgehead atoms. The highest BCUT2D eigenvalue weighted by Gasteiger charge is 2.09. The Balaban J connectivity index is 3.85. The molecule has 0 radical (unpaired) electrons. The number of hydrogen-bond donors (Lipinski definition) is 1. The Bertz CT molecular complexity index is 199. The van der Waals surface area contributed by atoms with E-state index in [4.69, 9.17) is 5.11 Å². The number of rotatable bonds is 7. The molecule has 0 fully saturated rings. The highest BCUT2D eigenvalue weighted by Crippen LogP contribution is 2.04. The maximum absolute atomic E-state index is 10.3. The smallest absolute Gasteiger partial charge is 0.303 e. The van der Waals surface area contributed by atoms with E-state index in [0.717, 1.165) is 18.7 Å². The Morgan fingerprint density at radius 2 is 2.07 bits per heavy atom.